The molecule has 5 atom stereocenters. The molecule has 0 aliphatic heterocycles. The standard InChI is InChI=1S/C33H45FN2O6/c1-33(32(39)40)11-9-23(10-12-33)42-27-15-24(26(41-2)16-25(27)34)30(37)36-29-21-8-7-20(14-21)28(29)31(38)35-17-22(19-5-6-19)13-18-3-4-18/h15-16,18-23,28-29H,3-14,17H2,1-2H3,(H,35,38)(H,36,37)(H,39,40)/t20-,21+,22?,23?,28+,29-,33?/m1/s1. The number of rotatable bonds is 12. The van der Waals surface area contributed by atoms with Crippen LogP contribution in [0.2, 0.25) is 0 Å². The summed E-state index contributed by atoms with van der Waals surface area (Å²) in [5, 5.41) is 15.9. The van der Waals surface area contributed by atoms with Crippen LogP contribution in [0.5, 0.6) is 11.5 Å². The molecule has 42 heavy (non-hydrogen) atoms. The predicted octanol–water partition coefficient (Wildman–Crippen LogP) is 5.33. The minimum absolute atomic E-state index is 0.0473. The van der Waals surface area contributed by atoms with Crippen molar-refractivity contribution >= 4 is 17.8 Å². The number of hydrogen-bond acceptors (Lipinski definition) is 5. The first kappa shape index (κ1) is 29.2. The number of halogens is 1. The Labute approximate surface area is 247 Å². The van der Waals surface area contributed by atoms with Gasteiger partial charge in [0.25, 0.3) is 5.91 Å². The Hall–Kier alpha value is -2.84. The van der Waals surface area contributed by atoms with Gasteiger partial charge in [-0.3, -0.25) is 14.4 Å². The zero-order chi connectivity index (χ0) is 29.6. The van der Waals surface area contributed by atoms with Gasteiger partial charge in [-0.1, -0.05) is 12.8 Å². The molecule has 5 aliphatic carbocycles. The minimum atomic E-state index is -0.830. The van der Waals surface area contributed by atoms with Crippen LogP contribution in [0.25, 0.3) is 0 Å². The van der Waals surface area contributed by atoms with Crippen LogP contribution in [0, 0.1) is 46.7 Å². The number of carboxylic acid groups (broad SMARTS) is 1. The lowest BCUT2D eigenvalue weighted by Crippen LogP contribution is -2.50. The molecule has 1 unspecified atom stereocenters. The summed E-state index contributed by atoms with van der Waals surface area (Å²) < 4.78 is 26.4. The summed E-state index contributed by atoms with van der Waals surface area (Å²) in [6, 6.07) is 2.27. The van der Waals surface area contributed by atoms with Crippen molar-refractivity contribution in [3.63, 3.8) is 0 Å². The molecule has 0 spiro atoms. The predicted molar refractivity (Wildman–Crippen MR) is 154 cm³/mol. The quantitative estimate of drug-likeness (QED) is 0.306. The van der Waals surface area contributed by atoms with Gasteiger partial charge in [0.2, 0.25) is 5.91 Å². The molecule has 230 valence electrons. The van der Waals surface area contributed by atoms with Crippen molar-refractivity contribution < 1.29 is 33.4 Å². The Morgan fingerprint density at radius 3 is 2.38 bits per heavy atom. The van der Waals surface area contributed by atoms with Gasteiger partial charge in [-0.15, -0.1) is 0 Å². The van der Waals surface area contributed by atoms with E-state index < -0.39 is 23.1 Å². The third-order valence-corrected chi connectivity index (χ3v) is 11.0. The Morgan fingerprint density at radius 1 is 1.02 bits per heavy atom. The first-order valence-corrected chi connectivity index (χ1v) is 16.0. The van der Waals surface area contributed by atoms with Gasteiger partial charge in [0, 0.05) is 18.7 Å². The van der Waals surface area contributed by atoms with Gasteiger partial charge in [0.05, 0.1) is 30.1 Å². The molecule has 5 saturated carbocycles. The molecule has 0 saturated heterocycles. The third kappa shape index (κ3) is 6.11. The number of methoxy groups -OCH3 is 1. The molecule has 8 nitrogen and oxygen atoms in total. The normalized spacial score (nSPS) is 32.7. The summed E-state index contributed by atoms with van der Waals surface area (Å²) in [5.74, 6) is 0.640. The molecule has 5 fully saturated rings. The van der Waals surface area contributed by atoms with Gasteiger partial charge in [-0.2, -0.15) is 0 Å². The van der Waals surface area contributed by atoms with E-state index in [1.165, 1.54) is 45.3 Å². The molecular weight excluding hydrogens is 539 g/mol. The zero-order valence-electron chi connectivity index (χ0n) is 24.8. The fraction of sp³-hybridized carbons (Fsp3) is 0.727. The van der Waals surface area contributed by atoms with Crippen LogP contribution in [0.3, 0.4) is 0 Å². The van der Waals surface area contributed by atoms with E-state index in [0.29, 0.717) is 31.6 Å². The van der Waals surface area contributed by atoms with Crippen LogP contribution in [0.15, 0.2) is 12.1 Å². The maximum Gasteiger partial charge on any atom is 0.309 e. The molecule has 2 amide bonds. The Kier molecular flexibility index (Phi) is 8.13. The molecule has 0 aromatic heterocycles. The van der Waals surface area contributed by atoms with E-state index in [9.17, 15) is 19.5 Å². The van der Waals surface area contributed by atoms with Crippen LogP contribution >= 0.6 is 0 Å². The minimum Gasteiger partial charge on any atom is -0.496 e. The number of aliphatic carboxylic acids is 1. The van der Waals surface area contributed by atoms with Crippen LogP contribution in [-0.4, -0.2) is 48.7 Å². The second kappa shape index (κ2) is 11.7. The highest BCUT2D eigenvalue weighted by Gasteiger charge is 2.51. The molecule has 1 aromatic rings. The summed E-state index contributed by atoms with van der Waals surface area (Å²) in [7, 11) is 1.39. The van der Waals surface area contributed by atoms with Crippen LogP contribution < -0.4 is 20.1 Å². The number of carboxylic acids is 1. The van der Waals surface area contributed by atoms with Gasteiger partial charge in [-0.25, -0.2) is 4.39 Å². The fourth-order valence-corrected chi connectivity index (χ4v) is 7.96. The summed E-state index contributed by atoms with van der Waals surface area (Å²) in [6.07, 6.45) is 10.8. The first-order chi connectivity index (χ1) is 20.1. The van der Waals surface area contributed by atoms with Crippen molar-refractivity contribution in [2.24, 2.45) is 40.9 Å². The fourth-order valence-electron chi connectivity index (χ4n) is 7.96. The molecule has 0 heterocycles. The number of carbonyl (C=O) groups is 3. The van der Waals surface area contributed by atoms with E-state index in [-0.39, 0.29) is 52.9 Å². The molecule has 1 aromatic carbocycles. The highest BCUT2D eigenvalue weighted by Crippen LogP contribution is 2.49. The molecule has 5 aliphatic rings. The Balaban J connectivity index is 1.12. The lowest BCUT2D eigenvalue weighted by atomic mass is 9.75. The highest BCUT2D eigenvalue weighted by atomic mass is 19.1. The maximum absolute atomic E-state index is 15.0. The topological polar surface area (TPSA) is 114 Å². The van der Waals surface area contributed by atoms with E-state index in [2.05, 4.69) is 10.6 Å². The number of hydrogen-bond donors (Lipinski definition) is 3. The molecule has 3 N–H and O–H groups in total. The Morgan fingerprint density at radius 2 is 1.74 bits per heavy atom. The van der Waals surface area contributed by atoms with Crippen LogP contribution in [-0.2, 0) is 9.59 Å². The highest BCUT2D eigenvalue weighted by molar-refractivity contribution is 5.98. The maximum atomic E-state index is 15.0. The number of fused-ring (bicyclic) bond motifs is 2. The number of benzene rings is 1. The number of ether oxygens (including phenoxy) is 2. The first-order valence-electron chi connectivity index (χ1n) is 16.0. The number of amides is 2. The van der Waals surface area contributed by atoms with E-state index in [1.807, 2.05) is 0 Å². The van der Waals surface area contributed by atoms with Crippen LogP contribution in [0.1, 0.15) is 94.3 Å². The lowest BCUT2D eigenvalue weighted by molar-refractivity contribution is -0.150. The summed E-state index contributed by atoms with van der Waals surface area (Å²) in [5.41, 5.74) is -0.636. The van der Waals surface area contributed by atoms with Crippen molar-refractivity contribution in [1.82, 2.24) is 10.6 Å². The van der Waals surface area contributed by atoms with E-state index in [0.717, 1.165) is 43.7 Å². The van der Waals surface area contributed by atoms with Crippen LogP contribution in [0.4, 0.5) is 4.39 Å². The summed E-state index contributed by atoms with van der Waals surface area (Å²) >= 11 is 0. The second-order valence-electron chi connectivity index (χ2n) is 14.0. The van der Waals surface area contributed by atoms with Gasteiger partial charge in [0.15, 0.2) is 11.6 Å². The second-order valence-corrected chi connectivity index (χ2v) is 14.0. The lowest BCUT2D eigenvalue weighted by Gasteiger charge is -2.34. The van der Waals surface area contributed by atoms with Gasteiger partial charge in [0.1, 0.15) is 5.75 Å². The average molecular weight is 585 g/mol. The van der Waals surface area contributed by atoms with Gasteiger partial charge < -0.3 is 25.2 Å². The largest absolute Gasteiger partial charge is 0.496 e. The SMILES string of the molecule is COc1cc(F)c(OC2CCC(C)(C(=O)O)CC2)cc1C(=O)N[C@@H]1[C@H]2CC[C@H](C2)[C@@H]1C(=O)NCC(CC1CC1)C1CC1. The smallest absolute Gasteiger partial charge is 0.309 e. The van der Waals surface area contributed by atoms with E-state index in [1.54, 1.807) is 6.92 Å². The van der Waals surface area contributed by atoms with Crippen molar-refractivity contribution in [2.45, 2.75) is 96.1 Å². The van der Waals surface area contributed by atoms with Crippen molar-refractivity contribution in [1.29, 1.82) is 0 Å². The molecular formula is C33H45FN2O6. The van der Waals surface area contributed by atoms with E-state index >= 15 is 4.39 Å². The number of nitrogens with one attached hydrogen (secondary N) is 2. The third-order valence-electron chi connectivity index (χ3n) is 11.0. The van der Waals surface area contributed by atoms with Gasteiger partial charge in [-0.05, 0) is 107 Å². The zero-order valence-corrected chi connectivity index (χ0v) is 24.8. The summed E-state index contributed by atoms with van der Waals surface area (Å²) in [4.78, 5) is 38.8. The molecule has 2 bridgehead atoms. The summed E-state index contributed by atoms with van der Waals surface area (Å²) in [6.45, 7) is 2.46. The molecule has 0 radical (unpaired) electrons. The Bertz CT molecular complexity index is 1210. The van der Waals surface area contributed by atoms with Crippen molar-refractivity contribution in [3.05, 3.63) is 23.5 Å². The van der Waals surface area contributed by atoms with Crippen molar-refractivity contribution in [3.8, 4) is 11.5 Å². The van der Waals surface area contributed by atoms with Crippen molar-refractivity contribution in [2.75, 3.05) is 13.7 Å². The molecule has 6 rings (SSSR count). The van der Waals surface area contributed by atoms with E-state index in [4.69, 9.17) is 9.47 Å². The number of carbonyl (C=O) groups excluding carboxylic acids is 2. The molecule has 9 heteroatoms. The van der Waals surface area contributed by atoms with Gasteiger partial charge >= 0.3 is 5.97 Å². The monoisotopic (exact) mass is 584 g/mol. The average Bonchev–Trinajstić information content (AvgIpc) is 3.90.